The van der Waals surface area contributed by atoms with Gasteiger partial charge in [-0.15, -0.1) is 4.37 Å². The van der Waals surface area contributed by atoms with Crippen LogP contribution >= 0.6 is 11.5 Å². The van der Waals surface area contributed by atoms with Crippen molar-refractivity contribution in [1.29, 1.82) is 0 Å². The molecule has 110 valence electrons. The molecule has 0 aliphatic rings. The molecule has 0 saturated carbocycles. The van der Waals surface area contributed by atoms with Gasteiger partial charge in [0.15, 0.2) is 0 Å². The molecule has 0 atom stereocenters. The Labute approximate surface area is 132 Å². The first-order valence-corrected chi connectivity index (χ1v) is 7.58. The molecule has 2 aromatic carbocycles. The third kappa shape index (κ3) is 3.89. The summed E-state index contributed by atoms with van der Waals surface area (Å²) in [5.41, 5.74) is 6.06. The number of hydrogen-bond donors (Lipinski definition) is 2. The van der Waals surface area contributed by atoms with Crippen molar-refractivity contribution < 1.29 is 0 Å². The highest BCUT2D eigenvalue weighted by molar-refractivity contribution is 7.10. The second kappa shape index (κ2) is 6.82. The van der Waals surface area contributed by atoms with E-state index < -0.39 is 0 Å². The van der Waals surface area contributed by atoms with Gasteiger partial charge in [0, 0.05) is 17.2 Å². The van der Waals surface area contributed by atoms with Crippen molar-refractivity contribution in [2.24, 2.45) is 5.10 Å². The zero-order valence-electron chi connectivity index (χ0n) is 12.0. The summed E-state index contributed by atoms with van der Waals surface area (Å²) in [5, 5.41) is 8.05. The molecule has 5 nitrogen and oxygen atoms in total. The lowest BCUT2D eigenvalue weighted by molar-refractivity contribution is 1.21. The lowest BCUT2D eigenvalue weighted by Gasteiger charge is -1.99. The van der Waals surface area contributed by atoms with Gasteiger partial charge < -0.3 is 5.32 Å². The molecule has 1 aromatic heterocycles. The van der Waals surface area contributed by atoms with E-state index in [2.05, 4.69) is 32.1 Å². The number of nitrogens with one attached hydrogen (secondary N) is 2. The number of hydrazone groups is 1. The van der Waals surface area contributed by atoms with Crippen LogP contribution in [0.1, 0.15) is 11.1 Å². The molecular weight excluding hydrogens is 294 g/mol. The topological polar surface area (TPSA) is 62.2 Å². The highest BCUT2D eigenvalue weighted by Gasteiger charge is 2.02. The van der Waals surface area contributed by atoms with E-state index in [0.29, 0.717) is 5.95 Å². The minimum Gasteiger partial charge on any atom is -0.330 e. The van der Waals surface area contributed by atoms with Crippen LogP contribution in [0.5, 0.6) is 0 Å². The number of para-hydroxylation sites is 1. The van der Waals surface area contributed by atoms with Crippen LogP contribution < -0.4 is 10.7 Å². The van der Waals surface area contributed by atoms with Crippen molar-refractivity contribution in [2.75, 3.05) is 10.7 Å². The van der Waals surface area contributed by atoms with E-state index in [-0.39, 0.29) is 0 Å². The van der Waals surface area contributed by atoms with Crippen LogP contribution in [0.25, 0.3) is 0 Å². The predicted octanol–water partition coefficient (Wildman–Crippen LogP) is 4.04. The van der Waals surface area contributed by atoms with Gasteiger partial charge in [-0.1, -0.05) is 48.0 Å². The molecule has 3 aromatic rings. The summed E-state index contributed by atoms with van der Waals surface area (Å²) in [6.07, 6.45) is 1.74. The van der Waals surface area contributed by atoms with Gasteiger partial charge in [-0.05, 0) is 24.6 Å². The first-order chi connectivity index (χ1) is 10.8. The standard InChI is InChI=1S/C16H15N5S/c1-12-7-9-13(10-8-12)11-17-20-15-19-16(22-21-15)18-14-5-3-2-4-6-14/h2-11H,1H3,(H2,18,19,20,21)/b17-11+. The maximum Gasteiger partial charge on any atom is 0.257 e. The number of hydrogen-bond acceptors (Lipinski definition) is 6. The van der Waals surface area contributed by atoms with Crippen LogP contribution in [0.4, 0.5) is 16.8 Å². The SMILES string of the molecule is Cc1ccc(/C=N/Nc2nsc(Nc3ccccc3)n2)cc1. The van der Waals surface area contributed by atoms with Crippen LogP contribution in [0, 0.1) is 6.92 Å². The average molecular weight is 309 g/mol. The van der Waals surface area contributed by atoms with Crippen LogP contribution in [0.3, 0.4) is 0 Å². The largest absolute Gasteiger partial charge is 0.330 e. The first-order valence-electron chi connectivity index (χ1n) is 6.81. The molecule has 3 rings (SSSR count). The summed E-state index contributed by atoms with van der Waals surface area (Å²) in [6.45, 7) is 2.06. The minimum atomic E-state index is 0.479. The minimum absolute atomic E-state index is 0.479. The summed E-state index contributed by atoms with van der Waals surface area (Å²) in [4.78, 5) is 4.32. The van der Waals surface area contributed by atoms with Gasteiger partial charge in [-0.3, -0.25) is 0 Å². The Bertz CT molecular complexity index is 750. The Hall–Kier alpha value is -2.73. The maximum absolute atomic E-state index is 4.32. The summed E-state index contributed by atoms with van der Waals surface area (Å²) < 4.78 is 4.20. The van der Waals surface area contributed by atoms with Crippen molar-refractivity contribution in [1.82, 2.24) is 9.36 Å². The van der Waals surface area contributed by atoms with E-state index in [1.807, 2.05) is 54.6 Å². The van der Waals surface area contributed by atoms with Gasteiger partial charge in [0.25, 0.3) is 5.95 Å². The molecule has 0 spiro atoms. The summed E-state index contributed by atoms with van der Waals surface area (Å²) in [6, 6.07) is 18.0. The fourth-order valence-electron chi connectivity index (χ4n) is 1.78. The Kier molecular flexibility index (Phi) is 4.41. The molecule has 0 fully saturated rings. The number of benzene rings is 2. The number of nitrogens with zero attached hydrogens (tertiary/aromatic N) is 3. The van der Waals surface area contributed by atoms with Crippen LogP contribution in [-0.4, -0.2) is 15.6 Å². The third-order valence-electron chi connectivity index (χ3n) is 2.91. The van der Waals surface area contributed by atoms with Crippen LogP contribution in [0.2, 0.25) is 0 Å². The molecule has 0 radical (unpaired) electrons. The second-order valence-corrected chi connectivity index (χ2v) is 5.45. The molecule has 0 aliphatic carbocycles. The van der Waals surface area contributed by atoms with Crippen LogP contribution in [-0.2, 0) is 0 Å². The molecule has 2 N–H and O–H groups in total. The molecule has 6 heteroatoms. The summed E-state index contributed by atoms with van der Waals surface area (Å²) in [7, 11) is 0. The normalized spacial score (nSPS) is 10.8. The molecule has 22 heavy (non-hydrogen) atoms. The van der Waals surface area contributed by atoms with Crippen molar-refractivity contribution in [3.8, 4) is 0 Å². The van der Waals surface area contributed by atoms with Gasteiger partial charge in [0.2, 0.25) is 5.13 Å². The lowest BCUT2D eigenvalue weighted by atomic mass is 10.2. The lowest BCUT2D eigenvalue weighted by Crippen LogP contribution is -1.93. The van der Waals surface area contributed by atoms with Gasteiger partial charge in [0.1, 0.15) is 0 Å². The summed E-state index contributed by atoms with van der Waals surface area (Å²) >= 11 is 1.28. The molecule has 0 bridgehead atoms. The molecule has 0 unspecified atom stereocenters. The number of aryl methyl sites for hydroxylation is 1. The number of anilines is 3. The summed E-state index contributed by atoms with van der Waals surface area (Å²) in [5.74, 6) is 0.479. The van der Waals surface area contributed by atoms with E-state index in [0.717, 1.165) is 16.4 Å². The maximum atomic E-state index is 4.32. The van der Waals surface area contributed by atoms with Gasteiger partial charge in [0.05, 0.1) is 6.21 Å². The quantitative estimate of drug-likeness (QED) is 0.551. The Balaban J connectivity index is 1.58. The molecule has 0 saturated heterocycles. The Morgan fingerprint density at radius 2 is 1.82 bits per heavy atom. The molecule has 0 amide bonds. The molecular formula is C16H15N5S. The van der Waals surface area contributed by atoms with Crippen molar-refractivity contribution in [3.63, 3.8) is 0 Å². The highest BCUT2D eigenvalue weighted by atomic mass is 32.1. The average Bonchev–Trinajstić information content (AvgIpc) is 2.98. The highest BCUT2D eigenvalue weighted by Crippen LogP contribution is 2.19. The zero-order valence-corrected chi connectivity index (χ0v) is 12.8. The van der Waals surface area contributed by atoms with E-state index in [1.54, 1.807) is 6.21 Å². The Morgan fingerprint density at radius 1 is 1.05 bits per heavy atom. The van der Waals surface area contributed by atoms with Crippen LogP contribution in [0.15, 0.2) is 59.7 Å². The van der Waals surface area contributed by atoms with E-state index in [9.17, 15) is 0 Å². The number of aromatic nitrogens is 2. The van der Waals surface area contributed by atoms with E-state index in [4.69, 9.17) is 0 Å². The second-order valence-electron chi connectivity index (χ2n) is 4.69. The van der Waals surface area contributed by atoms with E-state index in [1.165, 1.54) is 17.1 Å². The van der Waals surface area contributed by atoms with Gasteiger partial charge in [-0.25, -0.2) is 5.43 Å². The number of rotatable bonds is 5. The van der Waals surface area contributed by atoms with Gasteiger partial charge in [-0.2, -0.15) is 10.1 Å². The molecule has 1 heterocycles. The smallest absolute Gasteiger partial charge is 0.257 e. The van der Waals surface area contributed by atoms with Crippen molar-refractivity contribution >= 4 is 34.5 Å². The zero-order chi connectivity index (χ0) is 15.2. The first kappa shape index (κ1) is 14.2. The van der Waals surface area contributed by atoms with Crippen molar-refractivity contribution in [3.05, 3.63) is 65.7 Å². The van der Waals surface area contributed by atoms with Crippen molar-refractivity contribution in [2.45, 2.75) is 6.92 Å². The fraction of sp³-hybridized carbons (Fsp3) is 0.0625. The molecule has 0 aliphatic heterocycles. The Morgan fingerprint density at radius 3 is 2.59 bits per heavy atom. The van der Waals surface area contributed by atoms with E-state index >= 15 is 0 Å². The fourth-order valence-corrected chi connectivity index (χ4v) is 2.33. The predicted molar refractivity (Wildman–Crippen MR) is 92.0 cm³/mol. The third-order valence-corrected chi connectivity index (χ3v) is 3.54. The van der Waals surface area contributed by atoms with Gasteiger partial charge >= 0.3 is 0 Å². The monoisotopic (exact) mass is 309 g/mol.